The summed E-state index contributed by atoms with van der Waals surface area (Å²) in [7, 11) is 0. The number of amides is 2. The first kappa shape index (κ1) is 21.7. The summed E-state index contributed by atoms with van der Waals surface area (Å²) in [5.41, 5.74) is 5.11. The molecule has 2 fully saturated rings. The second-order valence-corrected chi connectivity index (χ2v) is 9.52. The Morgan fingerprint density at radius 1 is 0.939 bits per heavy atom. The Hall–Kier alpha value is -3.15. The molecular weight excluding hydrogens is 412 g/mol. The van der Waals surface area contributed by atoms with Crippen LogP contribution in [0.5, 0.6) is 0 Å². The quantitative estimate of drug-likeness (QED) is 0.606. The van der Waals surface area contributed by atoms with E-state index in [1.165, 1.54) is 17.5 Å². The standard InChI is InChI=1S/C27H32N4O2/c1-20-5-7-21(8-6-20)17-26(32)29-14-9-22(10-15-29)23-11-16-31-25(18-23)24(19-28-31)27(33)30-12-3-2-4-13-30/h5-8,11,16,18-19,22H,2-4,9-10,12-15,17H2,1H3. The number of aryl methyl sites for hydroxylation is 1. The minimum absolute atomic E-state index is 0.0957. The molecule has 33 heavy (non-hydrogen) atoms. The average molecular weight is 445 g/mol. The highest BCUT2D eigenvalue weighted by atomic mass is 16.2. The number of hydrogen-bond donors (Lipinski definition) is 0. The van der Waals surface area contributed by atoms with Crippen molar-refractivity contribution in [2.75, 3.05) is 26.2 Å². The van der Waals surface area contributed by atoms with E-state index in [-0.39, 0.29) is 11.8 Å². The van der Waals surface area contributed by atoms with E-state index in [9.17, 15) is 9.59 Å². The average Bonchev–Trinajstić information content (AvgIpc) is 3.29. The van der Waals surface area contributed by atoms with Gasteiger partial charge in [-0.15, -0.1) is 0 Å². The first-order chi connectivity index (χ1) is 16.1. The summed E-state index contributed by atoms with van der Waals surface area (Å²) in [4.78, 5) is 29.8. The fourth-order valence-corrected chi connectivity index (χ4v) is 5.14. The molecular formula is C27H32N4O2. The monoisotopic (exact) mass is 444 g/mol. The fraction of sp³-hybridized carbons (Fsp3) is 0.444. The SMILES string of the molecule is Cc1ccc(CC(=O)N2CCC(c3ccn4ncc(C(=O)N5CCCCC5)c4c3)CC2)cc1. The van der Waals surface area contributed by atoms with Crippen LogP contribution in [0.25, 0.3) is 5.52 Å². The second kappa shape index (κ2) is 9.38. The van der Waals surface area contributed by atoms with Gasteiger partial charge in [0.05, 0.1) is 23.7 Å². The minimum atomic E-state index is 0.0957. The molecule has 2 aromatic heterocycles. The Kier molecular flexibility index (Phi) is 6.16. The summed E-state index contributed by atoms with van der Waals surface area (Å²) in [6.45, 7) is 5.29. The van der Waals surface area contributed by atoms with Gasteiger partial charge in [0.1, 0.15) is 0 Å². The van der Waals surface area contributed by atoms with Crippen molar-refractivity contribution in [3.05, 3.63) is 71.0 Å². The molecule has 0 radical (unpaired) electrons. The van der Waals surface area contributed by atoms with Crippen LogP contribution in [0.2, 0.25) is 0 Å². The number of rotatable bonds is 4. The number of hydrogen-bond acceptors (Lipinski definition) is 3. The van der Waals surface area contributed by atoms with Crippen LogP contribution in [0.4, 0.5) is 0 Å². The Labute approximate surface area is 195 Å². The van der Waals surface area contributed by atoms with Gasteiger partial charge in [0, 0.05) is 32.4 Å². The first-order valence-electron chi connectivity index (χ1n) is 12.2. The first-order valence-corrected chi connectivity index (χ1v) is 12.2. The van der Waals surface area contributed by atoms with Gasteiger partial charge in [-0.1, -0.05) is 29.8 Å². The van der Waals surface area contributed by atoms with Gasteiger partial charge in [-0.05, 0) is 68.2 Å². The minimum Gasteiger partial charge on any atom is -0.342 e. The maximum atomic E-state index is 13.1. The zero-order valence-electron chi connectivity index (χ0n) is 19.4. The van der Waals surface area contributed by atoms with Crippen LogP contribution in [0.1, 0.15) is 65.1 Å². The molecule has 0 saturated carbocycles. The lowest BCUT2D eigenvalue weighted by atomic mass is 9.89. The molecule has 5 rings (SSSR count). The van der Waals surface area contributed by atoms with E-state index in [2.05, 4.69) is 36.3 Å². The number of aromatic nitrogens is 2. The van der Waals surface area contributed by atoms with E-state index >= 15 is 0 Å². The molecule has 1 aromatic carbocycles. The molecule has 2 aliphatic rings. The molecule has 2 amide bonds. The van der Waals surface area contributed by atoms with Crippen molar-refractivity contribution in [2.45, 2.75) is 51.4 Å². The lowest BCUT2D eigenvalue weighted by Gasteiger charge is -2.32. The predicted molar refractivity (Wildman–Crippen MR) is 128 cm³/mol. The molecule has 2 saturated heterocycles. The lowest BCUT2D eigenvalue weighted by Crippen LogP contribution is -2.38. The summed E-state index contributed by atoms with van der Waals surface area (Å²) < 4.78 is 1.81. The van der Waals surface area contributed by atoms with Gasteiger partial charge < -0.3 is 9.80 Å². The van der Waals surface area contributed by atoms with Crippen molar-refractivity contribution < 1.29 is 9.59 Å². The molecule has 6 heteroatoms. The van der Waals surface area contributed by atoms with Gasteiger partial charge in [0.25, 0.3) is 5.91 Å². The molecule has 6 nitrogen and oxygen atoms in total. The number of fused-ring (bicyclic) bond motifs is 1. The van der Waals surface area contributed by atoms with Crippen LogP contribution in [0.15, 0.2) is 48.8 Å². The topological polar surface area (TPSA) is 57.9 Å². The molecule has 172 valence electrons. The highest BCUT2D eigenvalue weighted by molar-refractivity contribution is 6.00. The van der Waals surface area contributed by atoms with Gasteiger partial charge in [-0.3, -0.25) is 9.59 Å². The van der Waals surface area contributed by atoms with Crippen molar-refractivity contribution in [3.8, 4) is 0 Å². The summed E-state index contributed by atoms with van der Waals surface area (Å²) >= 11 is 0. The van der Waals surface area contributed by atoms with Crippen LogP contribution in [-0.4, -0.2) is 57.4 Å². The molecule has 3 aromatic rings. The lowest BCUT2D eigenvalue weighted by molar-refractivity contribution is -0.131. The van der Waals surface area contributed by atoms with E-state index in [0.717, 1.165) is 62.9 Å². The number of nitrogens with zero attached hydrogens (tertiary/aromatic N) is 4. The van der Waals surface area contributed by atoms with Gasteiger partial charge >= 0.3 is 0 Å². The Morgan fingerprint density at radius 2 is 1.67 bits per heavy atom. The van der Waals surface area contributed by atoms with Crippen LogP contribution < -0.4 is 0 Å². The summed E-state index contributed by atoms with van der Waals surface area (Å²) in [6.07, 6.45) is 9.39. The van der Waals surface area contributed by atoms with E-state index < -0.39 is 0 Å². The van der Waals surface area contributed by atoms with Crippen LogP contribution in [0.3, 0.4) is 0 Å². The normalized spacial score (nSPS) is 17.5. The number of likely N-dealkylation sites (tertiary alicyclic amines) is 2. The third kappa shape index (κ3) is 4.65. The maximum Gasteiger partial charge on any atom is 0.257 e. The van der Waals surface area contributed by atoms with Gasteiger partial charge in [-0.2, -0.15) is 5.10 Å². The summed E-state index contributed by atoms with van der Waals surface area (Å²) in [5, 5.41) is 4.42. The third-order valence-corrected chi connectivity index (χ3v) is 7.21. The number of carbonyl (C=O) groups is 2. The zero-order valence-corrected chi connectivity index (χ0v) is 19.4. The Balaban J connectivity index is 1.25. The van der Waals surface area contributed by atoms with Crippen molar-refractivity contribution in [1.29, 1.82) is 0 Å². The zero-order chi connectivity index (χ0) is 22.8. The van der Waals surface area contributed by atoms with Gasteiger partial charge in [0.2, 0.25) is 5.91 Å². The molecule has 0 spiro atoms. The van der Waals surface area contributed by atoms with Crippen LogP contribution in [0, 0.1) is 6.92 Å². The van der Waals surface area contributed by atoms with Crippen molar-refractivity contribution in [3.63, 3.8) is 0 Å². The smallest absolute Gasteiger partial charge is 0.257 e. The molecule has 0 N–H and O–H groups in total. The molecule has 0 bridgehead atoms. The van der Waals surface area contributed by atoms with Crippen molar-refractivity contribution in [2.24, 2.45) is 0 Å². The van der Waals surface area contributed by atoms with E-state index in [1.807, 2.05) is 28.1 Å². The van der Waals surface area contributed by atoms with Gasteiger partial charge in [-0.25, -0.2) is 4.52 Å². The van der Waals surface area contributed by atoms with Crippen molar-refractivity contribution in [1.82, 2.24) is 19.4 Å². The Bertz CT molecular complexity index is 1140. The van der Waals surface area contributed by atoms with Gasteiger partial charge in [0.15, 0.2) is 0 Å². The maximum absolute atomic E-state index is 13.1. The van der Waals surface area contributed by atoms with E-state index in [4.69, 9.17) is 0 Å². The predicted octanol–water partition coefficient (Wildman–Crippen LogP) is 4.22. The largest absolute Gasteiger partial charge is 0.342 e. The number of piperidine rings is 2. The molecule has 4 heterocycles. The molecule has 2 aliphatic heterocycles. The van der Waals surface area contributed by atoms with E-state index in [1.54, 1.807) is 10.7 Å². The Morgan fingerprint density at radius 3 is 2.39 bits per heavy atom. The highest BCUT2D eigenvalue weighted by Crippen LogP contribution is 2.30. The number of pyridine rings is 1. The summed E-state index contributed by atoms with van der Waals surface area (Å²) in [5.74, 6) is 0.697. The second-order valence-electron chi connectivity index (χ2n) is 9.52. The molecule has 0 atom stereocenters. The summed E-state index contributed by atoms with van der Waals surface area (Å²) in [6, 6.07) is 12.5. The molecule has 0 aliphatic carbocycles. The third-order valence-electron chi connectivity index (χ3n) is 7.21. The van der Waals surface area contributed by atoms with E-state index in [0.29, 0.717) is 17.9 Å². The fourth-order valence-electron chi connectivity index (χ4n) is 5.14. The van der Waals surface area contributed by atoms with Crippen molar-refractivity contribution >= 4 is 17.3 Å². The number of carbonyl (C=O) groups excluding carboxylic acids is 2. The highest BCUT2D eigenvalue weighted by Gasteiger charge is 2.26. The molecule has 0 unspecified atom stereocenters. The number of benzene rings is 1. The van der Waals surface area contributed by atoms with Crippen LogP contribution in [-0.2, 0) is 11.2 Å². The van der Waals surface area contributed by atoms with Crippen LogP contribution >= 0.6 is 0 Å².